The minimum atomic E-state index is -0.381. The molecule has 1 N–H and O–H groups in total. The third-order valence-corrected chi connectivity index (χ3v) is 6.16. The first-order valence-corrected chi connectivity index (χ1v) is 11.2. The van der Waals surface area contributed by atoms with E-state index in [1.165, 1.54) is 5.01 Å². The molecule has 0 unspecified atom stereocenters. The Morgan fingerprint density at radius 3 is 2.69 bits per heavy atom. The van der Waals surface area contributed by atoms with Crippen LogP contribution < -0.4 is 5.56 Å². The number of carbonyl (C=O) groups excluding carboxylic acids is 1. The van der Waals surface area contributed by atoms with E-state index in [4.69, 9.17) is 4.42 Å². The van der Waals surface area contributed by atoms with Crippen molar-refractivity contribution in [3.63, 3.8) is 0 Å². The molecule has 1 aliphatic rings. The molecule has 7 heteroatoms. The van der Waals surface area contributed by atoms with Gasteiger partial charge in [0.2, 0.25) is 5.91 Å². The molecule has 1 atom stereocenters. The van der Waals surface area contributed by atoms with Gasteiger partial charge in [-0.3, -0.25) is 9.59 Å². The summed E-state index contributed by atoms with van der Waals surface area (Å²) in [7, 11) is 0. The lowest BCUT2D eigenvalue weighted by Crippen LogP contribution is -2.25. The number of H-pyrrole nitrogens is 1. The molecule has 6 nitrogen and oxygen atoms in total. The molecule has 0 spiro atoms. The average molecular weight is 490 g/mol. The van der Waals surface area contributed by atoms with Gasteiger partial charge in [0.15, 0.2) is 0 Å². The van der Waals surface area contributed by atoms with Crippen molar-refractivity contribution in [2.45, 2.75) is 25.8 Å². The molecular weight excluding hydrogens is 470 g/mol. The molecule has 0 saturated heterocycles. The summed E-state index contributed by atoms with van der Waals surface area (Å²) in [6, 6.07) is 18.8. The predicted molar refractivity (Wildman–Crippen MR) is 127 cm³/mol. The summed E-state index contributed by atoms with van der Waals surface area (Å²) in [6.45, 7) is 1.80. The minimum Gasteiger partial charge on any atom is -0.467 e. The number of fused-ring (bicyclic) bond motifs is 1. The highest BCUT2D eigenvalue weighted by Crippen LogP contribution is 2.37. The summed E-state index contributed by atoms with van der Waals surface area (Å²) >= 11 is 3.55. The Kier molecular flexibility index (Phi) is 5.27. The number of nitrogens with one attached hydrogen (secondary N) is 1. The van der Waals surface area contributed by atoms with Gasteiger partial charge in [0, 0.05) is 33.8 Å². The highest BCUT2D eigenvalue weighted by Gasteiger charge is 2.36. The molecular formula is C25H20BrN3O3. The average Bonchev–Trinajstić information content (AvgIpc) is 3.48. The van der Waals surface area contributed by atoms with Crippen molar-refractivity contribution in [3.8, 4) is 11.1 Å². The number of carbonyl (C=O) groups is 1. The van der Waals surface area contributed by atoms with Crippen molar-refractivity contribution < 1.29 is 9.21 Å². The van der Waals surface area contributed by atoms with E-state index in [-0.39, 0.29) is 17.5 Å². The fourth-order valence-electron chi connectivity index (χ4n) is 4.20. The maximum atomic E-state index is 13.4. The van der Waals surface area contributed by atoms with Crippen LogP contribution in [-0.2, 0) is 4.79 Å². The number of aromatic nitrogens is 1. The van der Waals surface area contributed by atoms with Gasteiger partial charge in [-0.25, -0.2) is 5.01 Å². The number of hydrazone groups is 1. The first-order chi connectivity index (χ1) is 15.6. The zero-order valence-electron chi connectivity index (χ0n) is 17.3. The number of furan rings is 1. The molecule has 2 aromatic carbocycles. The quantitative estimate of drug-likeness (QED) is 0.402. The monoisotopic (exact) mass is 489 g/mol. The number of hydrogen-bond acceptors (Lipinski definition) is 4. The Labute approximate surface area is 192 Å². The van der Waals surface area contributed by atoms with E-state index in [2.05, 4.69) is 26.0 Å². The number of pyridine rings is 1. The van der Waals surface area contributed by atoms with Crippen molar-refractivity contribution in [2.24, 2.45) is 5.10 Å². The largest absolute Gasteiger partial charge is 0.467 e. The van der Waals surface area contributed by atoms with Gasteiger partial charge < -0.3 is 9.40 Å². The third kappa shape index (κ3) is 3.48. The van der Waals surface area contributed by atoms with E-state index >= 15 is 0 Å². The Bertz CT molecular complexity index is 1390. The highest BCUT2D eigenvalue weighted by molar-refractivity contribution is 9.10. The van der Waals surface area contributed by atoms with Crippen LogP contribution in [0.2, 0.25) is 0 Å². The first kappa shape index (κ1) is 20.5. The number of aromatic amines is 1. The van der Waals surface area contributed by atoms with Gasteiger partial charge in [-0.1, -0.05) is 53.2 Å². The van der Waals surface area contributed by atoms with Crippen LogP contribution in [0.15, 0.2) is 85.7 Å². The summed E-state index contributed by atoms with van der Waals surface area (Å²) < 4.78 is 6.51. The molecule has 1 aliphatic heterocycles. The van der Waals surface area contributed by atoms with Crippen molar-refractivity contribution in [2.75, 3.05) is 0 Å². The molecule has 0 bridgehead atoms. The number of benzene rings is 2. The van der Waals surface area contributed by atoms with Crippen LogP contribution in [0.1, 0.15) is 37.1 Å². The summed E-state index contributed by atoms with van der Waals surface area (Å²) in [5.74, 6) is 0.523. The van der Waals surface area contributed by atoms with Gasteiger partial charge in [-0.15, -0.1) is 0 Å². The summed E-state index contributed by atoms with van der Waals surface area (Å²) in [4.78, 5) is 29.0. The topological polar surface area (TPSA) is 78.7 Å². The second-order valence-electron chi connectivity index (χ2n) is 7.63. The zero-order chi connectivity index (χ0) is 22.2. The maximum Gasteiger partial charge on any atom is 0.258 e. The Balaban J connectivity index is 1.76. The lowest BCUT2D eigenvalue weighted by atomic mass is 9.92. The number of halogens is 1. The highest BCUT2D eigenvalue weighted by atomic mass is 79.9. The third-order valence-electron chi connectivity index (χ3n) is 5.67. The number of rotatable bonds is 4. The van der Waals surface area contributed by atoms with Gasteiger partial charge in [-0.2, -0.15) is 5.10 Å². The maximum absolute atomic E-state index is 13.4. The van der Waals surface area contributed by atoms with E-state index in [1.54, 1.807) is 19.3 Å². The van der Waals surface area contributed by atoms with E-state index in [9.17, 15) is 9.59 Å². The molecule has 160 valence electrons. The lowest BCUT2D eigenvalue weighted by Gasteiger charge is -2.18. The Morgan fingerprint density at radius 2 is 1.97 bits per heavy atom. The number of amides is 1. The Hall–Kier alpha value is -3.45. The zero-order valence-corrected chi connectivity index (χ0v) is 18.9. The molecule has 32 heavy (non-hydrogen) atoms. The molecule has 0 radical (unpaired) electrons. The normalized spacial score (nSPS) is 15.9. The molecule has 0 aliphatic carbocycles. The molecule has 2 aromatic heterocycles. The molecule has 5 rings (SSSR count). The van der Waals surface area contributed by atoms with Crippen LogP contribution >= 0.6 is 15.9 Å². The fraction of sp³-hybridized carbons (Fsp3) is 0.160. The molecule has 1 amide bonds. The van der Waals surface area contributed by atoms with Crippen molar-refractivity contribution in [1.82, 2.24) is 9.99 Å². The number of hydrogen-bond donors (Lipinski definition) is 1. The second-order valence-corrected chi connectivity index (χ2v) is 8.55. The van der Waals surface area contributed by atoms with Crippen LogP contribution in [0.3, 0.4) is 0 Å². The van der Waals surface area contributed by atoms with Crippen molar-refractivity contribution in [3.05, 3.63) is 93.1 Å². The van der Waals surface area contributed by atoms with E-state index in [1.807, 2.05) is 54.6 Å². The Morgan fingerprint density at radius 1 is 1.16 bits per heavy atom. The molecule has 3 heterocycles. The van der Waals surface area contributed by atoms with E-state index in [0.29, 0.717) is 29.9 Å². The van der Waals surface area contributed by atoms with Crippen molar-refractivity contribution >= 4 is 38.5 Å². The lowest BCUT2D eigenvalue weighted by molar-refractivity contribution is -0.133. The molecule has 0 fully saturated rings. The predicted octanol–water partition coefficient (Wildman–Crippen LogP) is 5.64. The summed E-state index contributed by atoms with van der Waals surface area (Å²) in [5, 5.41) is 7.00. The summed E-state index contributed by atoms with van der Waals surface area (Å²) in [6.07, 6.45) is 2.28. The van der Waals surface area contributed by atoms with Gasteiger partial charge in [0.1, 0.15) is 11.8 Å². The van der Waals surface area contributed by atoms with Crippen LogP contribution in [0, 0.1) is 0 Å². The first-order valence-electron chi connectivity index (χ1n) is 10.4. The van der Waals surface area contributed by atoms with E-state index in [0.717, 1.165) is 26.5 Å². The van der Waals surface area contributed by atoms with Gasteiger partial charge in [-0.05, 0) is 35.9 Å². The smallest absolute Gasteiger partial charge is 0.258 e. The fourth-order valence-corrected chi connectivity index (χ4v) is 4.56. The SMILES string of the molecule is CCC(=O)N1N=C(c2c(-c3ccccc3)c3cc(Br)ccc3[nH]c2=O)C[C@@H]1c1ccco1. The van der Waals surface area contributed by atoms with Gasteiger partial charge in [0.25, 0.3) is 5.56 Å². The van der Waals surface area contributed by atoms with Crippen LogP contribution in [0.4, 0.5) is 0 Å². The van der Waals surface area contributed by atoms with Gasteiger partial charge in [0.05, 0.1) is 17.5 Å². The van der Waals surface area contributed by atoms with Crippen LogP contribution in [-0.4, -0.2) is 21.6 Å². The van der Waals surface area contributed by atoms with Crippen LogP contribution in [0.5, 0.6) is 0 Å². The standard InChI is InChI=1S/C25H20BrN3O3/c1-2-22(30)29-20(21-9-6-12-32-21)14-19(28-29)24-23(15-7-4-3-5-8-15)17-13-16(26)10-11-18(17)27-25(24)31/h3-13,20H,2,14H2,1H3,(H,27,31)/t20-/m1/s1. The van der Waals surface area contributed by atoms with Gasteiger partial charge >= 0.3 is 0 Å². The molecule has 4 aromatic rings. The molecule has 0 saturated carbocycles. The number of nitrogens with zero attached hydrogens (tertiary/aromatic N) is 2. The second kappa shape index (κ2) is 8.24. The minimum absolute atomic E-state index is 0.123. The summed E-state index contributed by atoms with van der Waals surface area (Å²) in [5.41, 5.74) is 3.26. The van der Waals surface area contributed by atoms with E-state index < -0.39 is 0 Å². The van der Waals surface area contributed by atoms with Crippen molar-refractivity contribution in [1.29, 1.82) is 0 Å². The van der Waals surface area contributed by atoms with Crippen LogP contribution in [0.25, 0.3) is 22.0 Å².